The average molecular weight is 503 g/mol. The van der Waals surface area contributed by atoms with Crippen molar-refractivity contribution < 1.29 is 34.5 Å². The molecular weight excluding hydrogens is 460 g/mol. The Labute approximate surface area is 213 Å². The lowest BCUT2D eigenvalue weighted by Gasteiger charge is -2.58. The van der Waals surface area contributed by atoms with Crippen LogP contribution in [-0.2, 0) is 19.2 Å². The van der Waals surface area contributed by atoms with Crippen LogP contribution in [0.4, 0.5) is 0 Å². The van der Waals surface area contributed by atoms with E-state index in [2.05, 4.69) is 6.92 Å². The molecule has 0 aliphatic heterocycles. The Hall–Kier alpha value is -1.86. The number of Topliss-reactive ketones (excluding diaryl/α,β-unsaturated/α-hetero) is 3. The predicted molar refractivity (Wildman–Crippen MR) is 133 cm³/mol. The van der Waals surface area contributed by atoms with Crippen LogP contribution >= 0.6 is 0 Å². The molecule has 0 unspecified atom stereocenters. The van der Waals surface area contributed by atoms with E-state index in [1.54, 1.807) is 0 Å². The zero-order valence-electron chi connectivity index (χ0n) is 22.5. The summed E-state index contributed by atoms with van der Waals surface area (Å²) in [7, 11) is 0. The Morgan fingerprint density at radius 3 is 2.28 bits per heavy atom. The van der Waals surface area contributed by atoms with Crippen molar-refractivity contribution in [1.82, 2.24) is 0 Å². The van der Waals surface area contributed by atoms with Crippen LogP contribution in [-0.4, -0.2) is 50.8 Å². The van der Waals surface area contributed by atoms with Gasteiger partial charge in [0, 0.05) is 48.0 Å². The minimum atomic E-state index is -0.998. The first-order chi connectivity index (χ1) is 16.6. The van der Waals surface area contributed by atoms with Gasteiger partial charge in [0.2, 0.25) is 0 Å². The third kappa shape index (κ3) is 3.92. The molecular formula is C29H42O7. The molecule has 7 nitrogen and oxygen atoms in total. The fourth-order valence-corrected chi connectivity index (χ4v) is 8.87. The zero-order chi connectivity index (χ0) is 27.0. The third-order valence-electron chi connectivity index (χ3n) is 10.7. The maximum Gasteiger partial charge on any atom is 0.306 e. The van der Waals surface area contributed by atoms with E-state index < -0.39 is 40.3 Å². The number of carboxylic acid groups (broad SMARTS) is 1. The Balaban J connectivity index is 1.68. The van der Waals surface area contributed by atoms with Gasteiger partial charge >= 0.3 is 5.97 Å². The van der Waals surface area contributed by atoms with E-state index in [1.807, 2.05) is 27.7 Å². The van der Waals surface area contributed by atoms with Crippen molar-refractivity contribution in [2.75, 3.05) is 0 Å². The van der Waals surface area contributed by atoms with Gasteiger partial charge in [0.1, 0.15) is 11.6 Å². The van der Waals surface area contributed by atoms with Crippen molar-refractivity contribution in [3.05, 3.63) is 11.1 Å². The number of aliphatic carboxylic acids is 1. The first-order valence-corrected chi connectivity index (χ1v) is 13.5. The molecule has 0 heterocycles. The molecule has 2 fully saturated rings. The van der Waals surface area contributed by atoms with Crippen LogP contribution in [0.3, 0.4) is 0 Å². The lowest BCUT2D eigenvalue weighted by atomic mass is 9.45. The molecule has 0 aromatic carbocycles. The van der Waals surface area contributed by atoms with E-state index in [0.717, 1.165) is 0 Å². The lowest BCUT2D eigenvalue weighted by Crippen LogP contribution is -2.57. The molecule has 0 bridgehead atoms. The van der Waals surface area contributed by atoms with E-state index in [9.17, 15) is 29.4 Å². The van der Waals surface area contributed by atoms with Gasteiger partial charge in [-0.2, -0.15) is 0 Å². The van der Waals surface area contributed by atoms with Gasteiger partial charge < -0.3 is 15.3 Å². The van der Waals surface area contributed by atoms with E-state index in [-0.39, 0.29) is 60.3 Å². The Morgan fingerprint density at radius 1 is 1.03 bits per heavy atom. The normalized spacial score (nSPS) is 41.3. The number of fused-ring (bicyclic) bond motifs is 4. The zero-order valence-corrected chi connectivity index (χ0v) is 22.5. The summed E-state index contributed by atoms with van der Waals surface area (Å²) in [4.78, 5) is 50.5. The van der Waals surface area contributed by atoms with Gasteiger partial charge in [-0.15, -0.1) is 0 Å². The van der Waals surface area contributed by atoms with Crippen molar-refractivity contribution in [3.63, 3.8) is 0 Å². The number of carbonyl (C=O) groups excluding carboxylic acids is 3. The molecule has 7 heteroatoms. The van der Waals surface area contributed by atoms with Crippen molar-refractivity contribution in [1.29, 1.82) is 0 Å². The summed E-state index contributed by atoms with van der Waals surface area (Å²) < 4.78 is 0. The largest absolute Gasteiger partial charge is 0.481 e. The lowest BCUT2D eigenvalue weighted by molar-refractivity contribution is -0.144. The first kappa shape index (κ1) is 27.2. The van der Waals surface area contributed by atoms with Crippen LogP contribution in [0.2, 0.25) is 0 Å². The molecule has 0 radical (unpaired) electrons. The molecule has 36 heavy (non-hydrogen) atoms. The summed E-state index contributed by atoms with van der Waals surface area (Å²) in [5.74, 6) is -2.46. The molecule has 2 saturated carbocycles. The van der Waals surface area contributed by atoms with Crippen LogP contribution < -0.4 is 0 Å². The summed E-state index contributed by atoms with van der Waals surface area (Å²) in [6, 6.07) is 0. The average Bonchev–Trinajstić information content (AvgIpc) is 3.02. The number of hydrogen-bond acceptors (Lipinski definition) is 6. The molecule has 3 N–H and O–H groups in total. The molecule has 0 aromatic heterocycles. The Morgan fingerprint density at radius 2 is 1.67 bits per heavy atom. The standard InChI is InChI=1S/C29H42O7/c1-14(9-16(30)10-15(2)26(35)36)17-11-19(32)24-23-18(31)12-21-27(3,4)22(34)7-8-28(21,5)25(23)20(33)13-29(17,24)6/h14-15,17-19,21,24,31-32H,7-13H2,1-6H3,(H,35,36)/t14-,15-,17-,18+,19+,21-,24+,28+,29-/m1/s1. The number of carboxylic acids is 1. The number of aliphatic hydroxyl groups is 2. The third-order valence-corrected chi connectivity index (χ3v) is 10.7. The van der Waals surface area contributed by atoms with E-state index in [0.29, 0.717) is 36.8 Å². The van der Waals surface area contributed by atoms with E-state index in [1.165, 1.54) is 6.92 Å². The van der Waals surface area contributed by atoms with Crippen molar-refractivity contribution >= 4 is 23.3 Å². The molecule has 200 valence electrons. The Kier molecular flexibility index (Phi) is 6.69. The molecule has 9 atom stereocenters. The predicted octanol–water partition coefficient (Wildman–Crippen LogP) is 3.74. The van der Waals surface area contributed by atoms with Gasteiger partial charge in [0.05, 0.1) is 18.1 Å². The topological polar surface area (TPSA) is 129 Å². The second kappa shape index (κ2) is 8.87. The van der Waals surface area contributed by atoms with Gasteiger partial charge in [-0.1, -0.05) is 41.5 Å². The number of rotatable bonds is 6. The van der Waals surface area contributed by atoms with Gasteiger partial charge in [-0.3, -0.25) is 19.2 Å². The fraction of sp³-hybridized carbons (Fsp3) is 0.793. The van der Waals surface area contributed by atoms with Gasteiger partial charge in [-0.25, -0.2) is 0 Å². The summed E-state index contributed by atoms with van der Waals surface area (Å²) in [6.45, 7) is 11.4. The SMILES string of the molecule is C[C@H](CC(=O)C[C@@H](C)[C@H]1C[C@H](O)[C@H]2C3=C(C(=O)C[C@]12C)[C@@]1(C)CCC(=O)C(C)(C)[C@H]1C[C@@H]3O)C(=O)O. The highest BCUT2D eigenvalue weighted by Crippen LogP contribution is 2.66. The van der Waals surface area contributed by atoms with Crippen LogP contribution in [0.1, 0.15) is 86.5 Å². The number of allylic oxidation sites excluding steroid dienone is 1. The van der Waals surface area contributed by atoms with E-state index >= 15 is 0 Å². The van der Waals surface area contributed by atoms with Crippen LogP contribution in [0.15, 0.2) is 11.1 Å². The van der Waals surface area contributed by atoms with Crippen LogP contribution in [0, 0.1) is 45.8 Å². The molecule has 0 spiro atoms. The van der Waals surface area contributed by atoms with Gasteiger partial charge in [0.25, 0.3) is 0 Å². The Bertz CT molecular complexity index is 1020. The maximum absolute atomic E-state index is 13.9. The van der Waals surface area contributed by atoms with Gasteiger partial charge in [0.15, 0.2) is 5.78 Å². The molecule has 4 aliphatic carbocycles. The monoisotopic (exact) mass is 502 g/mol. The number of ketones is 3. The maximum atomic E-state index is 13.9. The molecule has 4 rings (SSSR count). The minimum absolute atomic E-state index is 0.00252. The van der Waals surface area contributed by atoms with Gasteiger partial charge in [-0.05, 0) is 48.0 Å². The summed E-state index contributed by atoms with van der Waals surface area (Å²) >= 11 is 0. The molecule has 0 saturated heterocycles. The summed E-state index contributed by atoms with van der Waals surface area (Å²) in [5.41, 5.74) is -0.431. The first-order valence-electron chi connectivity index (χ1n) is 13.5. The van der Waals surface area contributed by atoms with Crippen molar-refractivity contribution in [2.45, 2.75) is 98.7 Å². The fourth-order valence-electron chi connectivity index (χ4n) is 8.87. The van der Waals surface area contributed by atoms with E-state index in [4.69, 9.17) is 5.11 Å². The van der Waals surface area contributed by atoms with Crippen LogP contribution in [0.5, 0.6) is 0 Å². The highest BCUT2D eigenvalue weighted by Gasteiger charge is 2.65. The minimum Gasteiger partial charge on any atom is -0.481 e. The highest BCUT2D eigenvalue weighted by molar-refractivity contribution is 6.00. The smallest absolute Gasteiger partial charge is 0.306 e. The number of hydrogen-bond donors (Lipinski definition) is 3. The highest BCUT2D eigenvalue weighted by atomic mass is 16.4. The number of aliphatic hydroxyl groups excluding tert-OH is 2. The van der Waals surface area contributed by atoms with Crippen LogP contribution in [0.25, 0.3) is 0 Å². The molecule has 4 aliphatic rings. The second-order valence-corrected chi connectivity index (χ2v) is 13.4. The molecule has 0 aromatic rings. The quantitative estimate of drug-likeness (QED) is 0.504. The molecule has 0 amide bonds. The number of carbonyl (C=O) groups is 4. The van der Waals surface area contributed by atoms with Crippen molar-refractivity contribution in [2.24, 2.45) is 45.8 Å². The second-order valence-electron chi connectivity index (χ2n) is 13.4. The summed E-state index contributed by atoms with van der Waals surface area (Å²) in [6.07, 6.45) is 0.601. The summed E-state index contributed by atoms with van der Waals surface area (Å²) in [5, 5.41) is 32.0. The van der Waals surface area contributed by atoms with Crippen molar-refractivity contribution in [3.8, 4) is 0 Å².